The molecule has 2 aromatic rings. The monoisotopic (exact) mass is 384 g/mol. The van der Waals surface area contributed by atoms with Crippen LogP contribution in [0.2, 0.25) is 0 Å². The van der Waals surface area contributed by atoms with E-state index in [-0.39, 0.29) is 17.1 Å². The highest BCUT2D eigenvalue weighted by atomic mass is 32.1. The molecule has 2 aromatic carbocycles. The lowest BCUT2D eigenvalue weighted by molar-refractivity contribution is 0.0977. The van der Waals surface area contributed by atoms with Gasteiger partial charge in [0.25, 0.3) is 5.91 Å². The molecule has 0 aliphatic carbocycles. The molecule has 5 heteroatoms. The molecule has 0 saturated carbocycles. The molecule has 2 N–H and O–H groups in total. The van der Waals surface area contributed by atoms with Gasteiger partial charge < -0.3 is 10.1 Å². The SMILES string of the molecule is CC[C@@H](C)Oc1ccc(C(=O)NC(=S)Nc2ccccc2[C@@H](C)CC)cc1. The summed E-state index contributed by atoms with van der Waals surface area (Å²) in [5.41, 5.74) is 2.64. The van der Waals surface area contributed by atoms with Crippen LogP contribution >= 0.6 is 12.2 Å². The van der Waals surface area contributed by atoms with E-state index in [2.05, 4.69) is 37.5 Å². The largest absolute Gasteiger partial charge is 0.491 e. The van der Waals surface area contributed by atoms with Crippen LogP contribution in [-0.4, -0.2) is 17.1 Å². The van der Waals surface area contributed by atoms with Crippen LogP contribution in [0.3, 0.4) is 0 Å². The van der Waals surface area contributed by atoms with Crippen LogP contribution in [0.5, 0.6) is 5.75 Å². The average molecular weight is 385 g/mol. The van der Waals surface area contributed by atoms with E-state index >= 15 is 0 Å². The number of rotatable bonds is 7. The highest BCUT2D eigenvalue weighted by molar-refractivity contribution is 7.80. The van der Waals surface area contributed by atoms with Gasteiger partial charge in [-0.25, -0.2) is 0 Å². The van der Waals surface area contributed by atoms with Crippen molar-refractivity contribution < 1.29 is 9.53 Å². The summed E-state index contributed by atoms with van der Waals surface area (Å²) in [5.74, 6) is 0.915. The number of amides is 1. The first-order chi connectivity index (χ1) is 12.9. The van der Waals surface area contributed by atoms with Gasteiger partial charge >= 0.3 is 0 Å². The Bertz CT molecular complexity index is 774. The number of para-hydroxylation sites is 1. The topological polar surface area (TPSA) is 50.4 Å². The van der Waals surface area contributed by atoms with Crippen molar-refractivity contribution in [2.24, 2.45) is 0 Å². The second-order valence-corrected chi connectivity index (χ2v) is 7.07. The Morgan fingerprint density at radius 3 is 2.33 bits per heavy atom. The molecular formula is C22H28N2O2S. The highest BCUT2D eigenvalue weighted by Gasteiger charge is 2.12. The smallest absolute Gasteiger partial charge is 0.257 e. The Morgan fingerprint density at radius 1 is 1.04 bits per heavy atom. The third-order valence-electron chi connectivity index (χ3n) is 4.61. The fourth-order valence-electron chi connectivity index (χ4n) is 2.59. The lowest BCUT2D eigenvalue weighted by Crippen LogP contribution is -2.34. The Balaban J connectivity index is 1.99. The Labute approximate surface area is 167 Å². The molecule has 0 heterocycles. The summed E-state index contributed by atoms with van der Waals surface area (Å²) in [6.07, 6.45) is 2.11. The molecule has 0 radical (unpaired) electrons. The van der Waals surface area contributed by atoms with Gasteiger partial charge in [-0.05, 0) is 73.8 Å². The summed E-state index contributed by atoms with van der Waals surface area (Å²) in [5, 5.41) is 6.17. The van der Waals surface area contributed by atoms with Crippen LogP contribution in [0.15, 0.2) is 48.5 Å². The Morgan fingerprint density at radius 2 is 1.70 bits per heavy atom. The van der Waals surface area contributed by atoms with Crippen LogP contribution in [0.1, 0.15) is 62.4 Å². The Kier molecular flexibility index (Phi) is 7.80. The maximum Gasteiger partial charge on any atom is 0.257 e. The van der Waals surface area contributed by atoms with Crippen molar-refractivity contribution in [3.05, 3.63) is 59.7 Å². The minimum absolute atomic E-state index is 0.145. The summed E-state index contributed by atoms with van der Waals surface area (Å²) in [7, 11) is 0. The van der Waals surface area contributed by atoms with E-state index < -0.39 is 0 Å². The maximum absolute atomic E-state index is 12.4. The zero-order valence-electron chi connectivity index (χ0n) is 16.4. The quantitative estimate of drug-likeness (QED) is 0.619. The molecule has 0 aliphatic rings. The summed E-state index contributed by atoms with van der Waals surface area (Å²) >= 11 is 5.33. The third kappa shape index (κ3) is 6.07. The van der Waals surface area contributed by atoms with E-state index in [0.717, 1.165) is 24.3 Å². The second-order valence-electron chi connectivity index (χ2n) is 6.67. The molecule has 2 atom stereocenters. The fraction of sp³-hybridized carbons (Fsp3) is 0.364. The van der Waals surface area contributed by atoms with Gasteiger partial charge in [-0.3, -0.25) is 10.1 Å². The zero-order valence-corrected chi connectivity index (χ0v) is 17.2. The summed E-state index contributed by atoms with van der Waals surface area (Å²) < 4.78 is 5.73. The van der Waals surface area contributed by atoms with Crippen LogP contribution in [0.25, 0.3) is 0 Å². The third-order valence-corrected chi connectivity index (χ3v) is 4.81. The number of ether oxygens (including phenoxy) is 1. The predicted molar refractivity (Wildman–Crippen MR) is 116 cm³/mol. The number of carbonyl (C=O) groups excluding carboxylic acids is 1. The molecule has 0 aliphatic heterocycles. The molecule has 0 bridgehead atoms. The van der Waals surface area contributed by atoms with Gasteiger partial charge in [-0.15, -0.1) is 0 Å². The maximum atomic E-state index is 12.4. The van der Waals surface area contributed by atoms with Crippen molar-refractivity contribution in [2.75, 3.05) is 5.32 Å². The molecular weight excluding hydrogens is 356 g/mol. The van der Waals surface area contributed by atoms with Gasteiger partial charge in [0.2, 0.25) is 0 Å². The molecule has 0 aromatic heterocycles. The number of hydrogen-bond donors (Lipinski definition) is 2. The number of anilines is 1. The summed E-state index contributed by atoms with van der Waals surface area (Å²) in [6.45, 7) is 8.41. The average Bonchev–Trinajstić information content (AvgIpc) is 2.68. The van der Waals surface area contributed by atoms with Gasteiger partial charge in [0.05, 0.1) is 6.10 Å². The molecule has 2 rings (SSSR count). The molecule has 1 amide bonds. The first-order valence-corrected chi connectivity index (χ1v) is 9.83. The lowest BCUT2D eigenvalue weighted by atomic mass is 9.97. The molecule has 144 valence electrons. The Hall–Kier alpha value is -2.40. The van der Waals surface area contributed by atoms with E-state index in [1.165, 1.54) is 5.56 Å². The first kappa shape index (κ1) is 20.9. The standard InChI is InChI=1S/C22H28N2O2S/c1-5-15(3)19-9-7-8-10-20(19)23-22(27)24-21(25)17-11-13-18(14-12-17)26-16(4)6-2/h7-16H,5-6H2,1-4H3,(H2,23,24,25,27)/t15-,16+/m0/s1. The van der Waals surface area contributed by atoms with Crippen molar-refractivity contribution >= 4 is 28.9 Å². The van der Waals surface area contributed by atoms with Crippen molar-refractivity contribution in [3.63, 3.8) is 0 Å². The number of hydrogen-bond acceptors (Lipinski definition) is 3. The van der Waals surface area contributed by atoms with Gasteiger partial charge in [-0.1, -0.05) is 39.0 Å². The van der Waals surface area contributed by atoms with Crippen LogP contribution in [-0.2, 0) is 0 Å². The van der Waals surface area contributed by atoms with Crippen LogP contribution in [0, 0.1) is 0 Å². The normalized spacial score (nSPS) is 12.7. The van der Waals surface area contributed by atoms with Crippen molar-refractivity contribution in [1.82, 2.24) is 5.32 Å². The van der Waals surface area contributed by atoms with Crippen LogP contribution < -0.4 is 15.4 Å². The number of benzene rings is 2. The molecule has 0 saturated heterocycles. The van der Waals surface area contributed by atoms with E-state index in [1.807, 2.05) is 25.1 Å². The molecule has 27 heavy (non-hydrogen) atoms. The number of thiocarbonyl (C=S) groups is 1. The summed E-state index contributed by atoms with van der Waals surface area (Å²) in [4.78, 5) is 12.4. The van der Waals surface area contributed by atoms with Crippen molar-refractivity contribution in [2.45, 2.75) is 52.6 Å². The van der Waals surface area contributed by atoms with Gasteiger partial charge in [0.1, 0.15) is 5.75 Å². The number of nitrogens with one attached hydrogen (secondary N) is 2. The van der Waals surface area contributed by atoms with Gasteiger partial charge in [0, 0.05) is 11.3 Å². The lowest BCUT2D eigenvalue weighted by Gasteiger charge is -2.17. The van der Waals surface area contributed by atoms with Gasteiger partial charge in [0.15, 0.2) is 5.11 Å². The van der Waals surface area contributed by atoms with Crippen molar-refractivity contribution in [3.8, 4) is 5.75 Å². The highest BCUT2D eigenvalue weighted by Crippen LogP contribution is 2.26. The molecule has 0 spiro atoms. The minimum Gasteiger partial charge on any atom is -0.491 e. The number of carbonyl (C=O) groups is 1. The zero-order chi connectivity index (χ0) is 19.8. The summed E-state index contributed by atoms with van der Waals surface area (Å²) in [6, 6.07) is 15.1. The van der Waals surface area contributed by atoms with E-state index in [0.29, 0.717) is 11.5 Å². The van der Waals surface area contributed by atoms with E-state index in [4.69, 9.17) is 17.0 Å². The molecule has 0 fully saturated rings. The fourth-order valence-corrected chi connectivity index (χ4v) is 2.79. The second kappa shape index (κ2) is 10.1. The predicted octanol–water partition coefficient (Wildman–Crippen LogP) is 5.50. The van der Waals surface area contributed by atoms with Crippen LogP contribution in [0.4, 0.5) is 5.69 Å². The van der Waals surface area contributed by atoms with E-state index in [1.54, 1.807) is 24.3 Å². The molecule has 0 unspecified atom stereocenters. The van der Waals surface area contributed by atoms with Crippen molar-refractivity contribution in [1.29, 1.82) is 0 Å². The first-order valence-electron chi connectivity index (χ1n) is 9.42. The minimum atomic E-state index is -0.247. The van der Waals surface area contributed by atoms with Gasteiger partial charge in [-0.2, -0.15) is 0 Å². The molecule has 4 nitrogen and oxygen atoms in total. The van der Waals surface area contributed by atoms with E-state index in [9.17, 15) is 4.79 Å².